The number of fused-ring (bicyclic) bond motifs is 1. The second kappa shape index (κ2) is 7.27. The monoisotopic (exact) mass is 355 g/mol. The van der Waals surface area contributed by atoms with Gasteiger partial charge in [-0.05, 0) is 56.8 Å². The molecule has 0 N–H and O–H groups in total. The van der Waals surface area contributed by atoms with Gasteiger partial charge in [-0.2, -0.15) is 5.10 Å². The summed E-state index contributed by atoms with van der Waals surface area (Å²) in [5.41, 5.74) is 0.669. The summed E-state index contributed by atoms with van der Waals surface area (Å²) in [5.74, 6) is 1.48. The molecule has 2 fully saturated rings. The van der Waals surface area contributed by atoms with Crippen LogP contribution in [0.15, 0.2) is 30.7 Å². The highest BCUT2D eigenvalue weighted by Gasteiger charge is 2.34. The van der Waals surface area contributed by atoms with E-state index in [2.05, 4.69) is 10.00 Å². The smallest absolute Gasteiger partial charge is 0.259 e. The molecule has 26 heavy (non-hydrogen) atoms. The van der Waals surface area contributed by atoms with E-state index in [-0.39, 0.29) is 5.91 Å². The lowest BCUT2D eigenvalue weighted by Crippen LogP contribution is -2.51. The molecule has 4 heterocycles. The molecule has 2 unspecified atom stereocenters. The van der Waals surface area contributed by atoms with E-state index < -0.39 is 0 Å². The number of carbonyl (C=O) groups excluding carboxylic acids is 1. The van der Waals surface area contributed by atoms with Crippen molar-refractivity contribution in [3.05, 3.63) is 36.3 Å². The van der Waals surface area contributed by atoms with E-state index in [1.165, 1.54) is 45.2 Å². The molecule has 0 saturated carbocycles. The van der Waals surface area contributed by atoms with Crippen LogP contribution in [-0.2, 0) is 7.05 Å². The number of hydrogen-bond donors (Lipinski definition) is 0. The molecule has 6 heteroatoms. The molecule has 4 rings (SSSR count). The third-order valence-electron chi connectivity index (χ3n) is 6.07. The Kier molecular flexibility index (Phi) is 4.85. The first kappa shape index (κ1) is 17.3. The lowest BCUT2D eigenvalue weighted by atomic mass is 9.83. The fourth-order valence-corrected chi connectivity index (χ4v) is 4.79. The number of aromatic nitrogens is 3. The number of amides is 1. The number of rotatable bonds is 4. The average molecular weight is 355 g/mol. The van der Waals surface area contributed by atoms with Gasteiger partial charge in [-0.3, -0.25) is 9.48 Å². The van der Waals surface area contributed by atoms with Gasteiger partial charge in [0.1, 0.15) is 11.4 Å². The predicted octanol–water partition coefficient (Wildman–Crippen LogP) is 2.55. The van der Waals surface area contributed by atoms with Crippen LogP contribution in [0.4, 0.5) is 0 Å². The molecule has 0 spiro atoms. The molecule has 2 saturated heterocycles. The zero-order valence-corrected chi connectivity index (χ0v) is 15.8. The number of hydrogen-bond acceptors (Lipinski definition) is 3. The zero-order chi connectivity index (χ0) is 18.1. The number of piperidine rings is 2. The fraction of sp³-hybridized carbons (Fsp3) is 0.600. The second-order valence-electron chi connectivity index (χ2n) is 7.78. The first-order valence-electron chi connectivity index (χ1n) is 9.80. The third kappa shape index (κ3) is 3.18. The maximum atomic E-state index is 13.2. The molecule has 2 aromatic heterocycles. The molecule has 2 atom stereocenters. The Morgan fingerprint density at radius 1 is 1.19 bits per heavy atom. The summed E-state index contributed by atoms with van der Waals surface area (Å²) in [6, 6.07) is 4.58. The molecule has 140 valence electrons. The van der Waals surface area contributed by atoms with E-state index in [0.29, 0.717) is 17.5 Å². The number of aryl methyl sites for hydroxylation is 1. The molecular formula is C20H29N5O. The van der Waals surface area contributed by atoms with Gasteiger partial charge in [-0.1, -0.05) is 6.42 Å². The van der Waals surface area contributed by atoms with Gasteiger partial charge < -0.3 is 14.4 Å². The van der Waals surface area contributed by atoms with Gasteiger partial charge in [-0.15, -0.1) is 0 Å². The van der Waals surface area contributed by atoms with Crippen molar-refractivity contribution in [2.45, 2.75) is 38.1 Å². The quantitative estimate of drug-likeness (QED) is 0.847. The van der Waals surface area contributed by atoms with Gasteiger partial charge in [-0.25, -0.2) is 0 Å². The van der Waals surface area contributed by atoms with E-state index >= 15 is 0 Å². The van der Waals surface area contributed by atoms with Crippen LogP contribution in [0.25, 0.3) is 5.82 Å². The van der Waals surface area contributed by atoms with Crippen molar-refractivity contribution in [3.8, 4) is 5.82 Å². The average Bonchev–Trinajstić information content (AvgIpc) is 3.30. The van der Waals surface area contributed by atoms with E-state index in [1.54, 1.807) is 10.9 Å². The highest BCUT2D eigenvalue weighted by molar-refractivity contribution is 5.97. The highest BCUT2D eigenvalue weighted by Crippen LogP contribution is 2.31. The molecule has 0 aromatic carbocycles. The van der Waals surface area contributed by atoms with Crippen LogP contribution in [0.3, 0.4) is 0 Å². The zero-order valence-electron chi connectivity index (χ0n) is 15.8. The number of carbonyl (C=O) groups is 1. The van der Waals surface area contributed by atoms with Gasteiger partial charge in [0.15, 0.2) is 0 Å². The molecule has 0 aliphatic carbocycles. The van der Waals surface area contributed by atoms with Crippen LogP contribution in [0.5, 0.6) is 0 Å². The van der Waals surface area contributed by atoms with Gasteiger partial charge in [0.25, 0.3) is 5.91 Å². The molecule has 2 aliphatic rings. The van der Waals surface area contributed by atoms with Crippen LogP contribution in [0, 0.1) is 5.92 Å². The van der Waals surface area contributed by atoms with E-state index in [0.717, 1.165) is 12.4 Å². The van der Waals surface area contributed by atoms with E-state index in [1.807, 2.05) is 48.1 Å². The standard InChI is InChI=1S/C20H29N5O/c1-22(15-16-8-7-13-24-10-4-3-9-18(16)24)20(26)17-14-21-23(2)19(17)25-11-5-6-12-25/h5-6,11-12,14,16,18H,3-4,7-10,13,15H2,1-2H3. The Bertz CT molecular complexity index is 748. The van der Waals surface area contributed by atoms with E-state index in [9.17, 15) is 4.79 Å². The van der Waals surface area contributed by atoms with Gasteiger partial charge >= 0.3 is 0 Å². The molecule has 2 aromatic rings. The molecule has 2 aliphatic heterocycles. The summed E-state index contributed by atoms with van der Waals surface area (Å²) in [6.45, 7) is 3.30. The summed E-state index contributed by atoms with van der Waals surface area (Å²) in [4.78, 5) is 17.7. The molecule has 6 nitrogen and oxygen atoms in total. The third-order valence-corrected chi connectivity index (χ3v) is 6.07. The Morgan fingerprint density at radius 3 is 2.77 bits per heavy atom. The normalized spacial score (nSPS) is 23.6. The van der Waals surface area contributed by atoms with Crippen LogP contribution >= 0.6 is 0 Å². The minimum absolute atomic E-state index is 0.0646. The fourth-order valence-electron chi connectivity index (χ4n) is 4.79. The Hall–Kier alpha value is -2.08. The van der Waals surface area contributed by atoms with Gasteiger partial charge in [0, 0.05) is 39.1 Å². The van der Waals surface area contributed by atoms with Crippen LogP contribution in [0.1, 0.15) is 42.5 Å². The van der Waals surface area contributed by atoms with Gasteiger partial charge in [0.2, 0.25) is 0 Å². The predicted molar refractivity (Wildman–Crippen MR) is 101 cm³/mol. The maximum absolute atomic E-state index is 13.2. The topological polar surface area (TPSA) is 46.3 Å². The summed E-state index contributed by atoms with van der Waals surface area (Å²) < 4.78 is 3.72. The summed E-state index contributed by atoms with van der Waals surface area (Å²) in [6.07, 6.45) is 12.0. The summed E-state index contributed by atoms with van der Waals surface area (Å²) in [7, 11) is 3.82. The first-order valence-corrected chi connectivity index (χ1v) is 9.80. The van der Waals surface area contributed by atoms with Crippen molar-refractivity contribution < 1.29 is 4.79 Å². The highest BCUT2D eigenvalue weighted by atomic mass is 16.2. The molecular weight excluding hydrogens is 326 g/mol. The maximum Gasteiger partial charge on any atom is 0.259 e. The van der Waals surface area contributed by atoms with Crippen molar-refractivity contribution in [2.75, 3.05) is 26.7 Å². The molecule has 0 radical (unpaired) electrons. The summed E-state index contributed by atoms with van der Waals surface area (Å²) in [5, 5.41) is 4.33. The van der Waals surface area contributed by atoms with Crippen LogP contribution in [-0.4, -0.2) is 62.8 Å². The minimum Gasteiger partial charge on any atom is -0.341 e. The Morgan fingerprint density at radius 2 is 1.96 bits per heavy atom. The number of nitrogens with zero attached hydrogens (tertiary/aromatic N) is 5. The van der Waals surface area contributed by atoms with Crippen molar-refractivity contribution >= 4 is 5.91 Å². The lowest BCUT2D eigenvalue weighted by molar-refractivity contribution is 0.0403. The lowest BCUT2D eigenvalue weighted by Gasteiger charge is -2.45. The Labute approximate surface area is 155 Å². The molecule has 1 amide bonds. The molecule has 0 bridgehead atoms. The van der Waals surface area contributed by atoms with Crippen molar-refractivity contribution in [3.63, 3.8) is 0 Å². The van der Waals surface area contributed by atoms with Crippen LogP contribution < -0.4 is 0 Å². The van der Waals surface area contributed by atoms with Gasteiger partial charge in [0.05, 0.1) is 6.20 Å². The Balaban J connectivity index is 1.50. The minimum atomic E-state index is 0.0646. The first-order chi connectivity index (χ1) is 12.6. The second-order valence-corrected chi connectivity index (χ2v) is 7.78. The van der Waals surface area contributed by atoms with Crippen molar-refractivity contribution in [1.82, 2.24) is 24.1 Å². The largest absolute Gasteiger partial charge is 0.341 e. The van der Waals surface area contributed by atoms with Crippen molar-refractivity contribution in [2.24, 2.45) is 13.0 Å². The SMILES string of the molecule is CN(CC1CCCN2CCCCC12)C(=O)c1cnn(C)c1-n1cccc1. The van der Waals surface area contributed by atoms with E-state index in [4.69, 9.17) is 0 Å². The van der Waals surface area contributed by atoms with Crippen molar-refractivity contribution in [1.29, 1.82) is 0 Å². The van der Waals surface area contributed by atoms with Crippen LogP contribution in [0.2, 0.25) is 0 Å². The summed E-state index contributed by atoms with van der Waals surface area (Å²) >= 11 is 0.